The van der Waals surface area contributed by atoms with Crippen LogP contribution in [0.5, 0.6) is 0 Å². The quantitative estimate of drug-likeness (QED) is 0.407. The predicted octanol–water partition coefficient (Wildman–Crippen LogP) is 4.90. The van der Waals surface area contributed by atoms with Gasteiger partial charge in [0, 0.05) is 12.1 Å². The number of nitrogens with zero attached hydrogens (tertiary/aromatic N) is 3. The third-order valence-corrected chi connectivity index (χ3v) is 6.21. The van der Waals surface area contributed by atoms with E-state index in [1.54, 1.807) is 9.47 Å². The smallest absolute Gasteiger partial charge is 0.410 e. The molecule has 7 heteroatoms. The number of aromatic nitrogens is 2. The van der Waals surface area contributed by atoms with E-state index in [0.29, 0.717) is 29.4 Å². The van der Waals surface area contributed by atoms with E-state index in [-0.39, 0.29) is 24.2 Å². The average Bonchev–Trinajstić information content (AvgIpc) is 2.80. The second-order valence-electron chi connectivity index (χ2n) is 9.07. The van der Waals surface area contributed by atoms with Gasteiger partial charge in [-0.1, -0.05) is 72.4 Å². The molecule has 4 rings (SSSR count). The molecule has 0 saturated heterocycles. The van der Waals surface area contributed by atoms with Gasteiger partial charge in [-0.15, -0.1) is 0 Å². The van der Waals surface area contributed by atoms with Crippen LogP contribution < -0.4 is 5.56 Å². The van der Waals surface area contributed by atoms with Gasteiger partial charge in [-0.05, 0) is 44.6 Å². The van der Waals surface area contributed by atoms with Gasteiger partial charge in [0.1, 0.15) is 5.60 Å². The summed E-state index contributed by atoms with van der Waals surface area (Å²) < 4.78 is 7.33. The summed E-state index contributed by atoms with van der Waals surface area (Å²) in [5, 5.41) is 0.627. The van der Waals surface area contributed by atoms with Gasteiger partial charge in [0.05, 0.1) is 18.3 Å². The van der Waals surface area contributed by atoms with Crippen molar-refractivity contribution in [3.05, 3.63) is 93.4 Å². The molecule has 1 amide bonds. The van der Waals surface area contributed by atoms with E-state index in [1.807, 2.05) is 87.7 Å². The highest BCUT2D eigenvalue weighted by Gasteiger charge is 2.31. The molecule has 1 aliphatic heterocycles. The van der Waals surface area contributed by atoms with Crippen LogP contribution in [0.4, 0.5) is 4.79 Å². The molecule has 1 aliphatic rings. The van der Waals surface area contributed by atoms with E-state index in [9.17, 15) is 9.59 Å². The van der Waals surface area contributed by atoms with Crippen molar-refractivity contribution >= 4 is 17.9 Å². The Labute approximate surface area is 198 Å². The van der Waals surface area contributed by atoms with Crippen LogP contribution in [0.1, 0.15) is 49.2 Å². The first kappa shape index (κ1) is 23.1. The molecule has 6 nitrogen and oxygen atoms in total. The van der Waals surface area contributed by atoms with Crippen molar-refractivity contribution in [3.8, 4) is 0 Å². The standard InChI is InChI=1S/C26H29N3O3S/c1-26(2,3)32-25(31)28-16-15-20-21(17-28)27-24(33-4)29(23(20)30)22(18-11-7-5-8-12-18)19-13-9-6-10-14-19/h5-14,22H,15-17H2,1-4H3. The van der Waals surface area contributed by atoms with Crippen LogP contribution in [0.15, 0.2) is 70.6 Å². The molecule has 0 N–H and O–H groups in total. The Hall–Kier alpha value is -3.06. The molecule has 0 fully saturated rings. The van der Waals surface area contributed by atoms with Crippen molar-refractivity contribution in [2.24, 2.45) is 0 Å². The van der Waals surface area contributed by atoms with Crippen LogP contribution in [0.2, 0.25) is 0 Å². The van der Waals surface area contributed by atoms with Crippen molar-refractivity contribution in [3.63, 3.8) is 0 Å². The van der Waals surface area contributed by atoms with Gasteiger partial charge in [-0.25, -0.2) is 9.78 Å². The topological polar surface area (TPSA) is 64.4 Å². The van der Waals surface area contributed by atoms with E-state index in [2.05, 4.69) is 0 Å². The van der Waals surface area contributed by atoms with E-state index < -0.39 is 5.60 Å². The number of fused-ring (bicyclic) bond motifs is 1. The first-order valence-corrected chi connectivity index (χ1v) is 12.3. The highest BCUT2D eigenvalue weighted by Crippen LogP contribution is 2.30. The summed E-state index contributed by atoms with van der Waals surface area (Å²) in [6.07, 6.45) is 1.99. The first-order chi connectivity index (χ1) is 15.8. The van der Waals surface area contributed by atoms with Gasteiger partial charge in [-0.2, -0.15) is 0 Å². The van der Waals surface area contributed by atoms with Crippen LogP contribution in [0, 0.1) is 0 Å². The average molecular weight is 464 g/mol. The van der Waals surface area contributed by atoms with Gasteiger partial charge in [0.15, 0.2) is 5.16 Å². The molecule has 0 saturated carbocycles. The molecule has 0 aliphatic carbocycles. The molecule has 0 spiro atoms. The summed E-state index contributed by atoms with van der Waals surface area (Å²) in [7, 11) is 0. The molecule has 0 radical (unpaired) electrons. The molecule has 0 atom stereocenters. The SMILES string of the molecule is CSc1nc2c(c(=O)n1C(c1ccccc1)c1ccccc1)CCN(C(=O)OC(C)(C)C)C2. The summed E-state index contributed by atoms with van der Waals surface area (Å²) in [6.45, 7) is 6.24. The number of carbonyl (C=O) groups excluding carboxylic acids is 1. The maximum atomic E-state index is 13.9. The summed E-state index contributed by atoms with van der Waals surface area (Å²) in [4.78, 5) is 33.0. The highest BCUT2D eigenvalue weighted by molar-refractivity contribution is 7.98. The highest BCUT2D eigenvalue weighted by atomic mass is 32.2. The maximum Gasteiger partial charge on any atom is 0.410 e. The summed E-state index contributed by atoms with van der Waals surface area (Å²) in [5.74, 6) is 0. The number of benzene rings is 2. The number of carbonyl (C=O) groups is 1. The van der Waals surface area contributed by atoms with Gasteiger partial charge < -0.3 is 9.64 Å². The minimum atomic E-state index is -0.572. The Morgan fingerprint density at radius 2 is 1.61 bits per heavy atom. The van der Waals surface area contributed by atoms with Crippen molar-refractivity contribution in [1.82, 2.24) is 14.5 Å². The van der Waals surface area contributed by atoms with Crippen molar-refractivity contribution < 1.29 is 9.53 Å². The largest absolute Gasteiger partial charge is 0.444 e. The van der Waals surface area contributed by atoms with Crippen LogP contribution in [0.3, 0.4) is 0 Å². The zero-order valence-electron chi connectivity index (χ0n) is 19.4. The number of thioether (sulfide) groups is 1. The third kappa shape index (κ3) is 4.98. The zero-order valence-corrected chi connectivity index (χ0v) is 20.3. The molecule has 2 aromatic carbocycles. The van der Waals surface area contributed by atoms with Crippen LogP contribution in [-0.2, 0) is 17.7 Å². The maximum absolute atomic E-state index is 13.9. The Bertz CT molecular complexity index is 1150. The molecular formula is C26H29N3O3S. The number of hydrogen-bond donors (Lipinski definition) is 0. The normalized spacial score (nSPS) is 13.7. The van der Waals surface area contributed by atoms with E-state index in [1.165, 1.54) is 11.8 Å². The lowest BCUT2D eigenvalue weighted by atomic mass is 9.98. The second-order valence-corrected chi connectivity index (χ2v) is 9.85. The monoisotopic (exact) mass is 463 g/mol. The molecule has 2 heterocycles. The summed E-state index contributed by atoms with van der Waals surface area (Å²) in [6, 6.07) is 19.8. The Morgan fingerprint density at radius 3 is 2.12 bits per heavy atom. The van der Waals surface area contributed by atoms with Gasteiger partial charge >= 0.3 is 6.09 Å². The Morgan fingerprint density at radius 1 is 1.03 bits per heavy atom. The summed E-state index contributed by atoms with van der Waals surface area (Å²) in [5.41, 5.74) is 2.74. The van der Waals surface area contributed by atoms with Gasteiger partial charge in [0.25, 0.3) is 5.56 Å². The van der Waals surface area contributed by atoms with Crippen molar-refractivity contribution in [1.29, 1.82) is 0 Å². The minimum absolute atomic E-state index is 0.0501. The molecule has 1 aromatic heterocycles. The Kier molecular flexibility index (Phi) is 6.61. The third-order valence-electron chi connectivity index (χ3n) is 5.56. The lowest BCUT2D eigenvalue weighted by Gasteiger charge is -2.32. The summed E-state index contributed by atoms with van der Waals surface area (Å²) >= 11 is 1.44. The fraction of sp³-hybridized carbons (Fsp3) is 0.346. The van der Waals surface area contributed by atoms with E-state index >= 15 is 0 Å². The molecule has 172 valence electrons. The molecule has 3 aromatic rings. The van der Waals surface area contributed by atoms with Gasteiger partial charge in [0.2, 0.25) is 0 Å². The lowest BCUT2D eigenvalue weighted by Crippen LogP contribution is -2.43. The van der Waals surface area contributed by atoms with Crippen molar-refractivity contribution in [2.45, 2.75) is 50.5 Å². The number of ether oxygens (including phenoxy) is 1. The molecular weight excluding hydrogens is 434 g/mol. The van der Waals surface area contributed by atoms with E-state index in [0.717, 1.165) is 11.1 Å². The molecule has 33 heavy (non-hydrogen) atoms. The van der Waals surface area contributed by atoms with Crippen LogP contribution in [0.25, 0.3) is 0 Å². The lowest BCUT2D eigenvalue weighted by molar-refractivity contribution is 0.0219. The van der Waals surface area contributed by atoms with Gasteiger partial charge in [-0.3, -0.25) is 9.36 Å². The number of amides is 1. The van der Waals surface area contributed by atoms with E-state index in [4.69, 9.17) is 9.72 Å². The molecule has 0 unspecified atom stereocenters. The molecule has 0 bridgehead atoms. The van der Waals surface area contributed by atoms with Crippen LogP contribution >= 0.6 is 11.8 Å². The Balaban J connectivity index is 1.79. The fourth-order valence-electron chi connectivity index (χ4n) is 4.10. The first-order valence-electron chi connectivity index (χ1n) is 11.0. The number of hydrogen-bond acceptors (Lipinski definition) is 5. The zero-order chi connectivity index (χ0) is 23.6. The van der Waals surface area contributed by atoms with Crippen molar-refractivity contribution in [2.75, 3.05) is 12.8 Å². The predicted molar refractivity (Wildman–Crippen MR) is 131 cm³/mol. The minimum Gasteiger partial charge on any atom is -0.444 e. The number of rotatable bonds is 4. The van der Waals surface area contributed by atoms with Crippen LogP contribution in [-0.4, -0.2) is 38.9 Å². The fourth-order valence-corrected chi connectivity index (χ4v) is 4.68. The second kappa shape index (κ2) is 9.43.